The van der Waals surface area contributed by atoms with Gasteiger partial charge in [-0.2, -0.15) is 0 Å². The molecule has 2 aromatic carbocycles. The Hall–Kier alpha value is -2.66. The Morgan fingerprint density at radius 3 is 2.52 bits per heavy atom. The van der Waals surface area contributed by atoms with Crippen molar-refractivity contribution in [2.75, 3.05) is 5.06 Å². The van der Waals surface area contributed by atoms with Gasteiger partial charge >= 0.3 is 5.97 Å². The lowest BCUT2D eigenvalue weighted by Crippen LogP contribution is -2.19. The van der Waals surface area contributed by atoms with E-state index < -0.39 is 5.97 Å². The minimum Gasteiger partial charge on any atom is -0.478 e. The summed E-state index contributed by atoms with van der Waals surface area (Å²) in [5.74, 6) is -0.911. The minimum absolute atomic E-state index is 0.167. The molecule has 2 aromatic rings. The number of rotatable bonds is 3. The fraction of sp³-hybridized carbons (Fsp3) is 0.222. The molecule has 1 aliphatic heterocycles. The van der Waals surface area contributed by atoms with Crippen molar-refractivity contribution in [3.05, 3.63) is 53.1 Å². The Bertz CT molecular complexity index is 799. The number of hydrogen-bond acceptors (Lipinski definition) is 4. The predicted molar refractivity (Wildman–Crippen MR) is 89.8 cm³/mol. The van der Waals surface area contributed by atoms with Crippen molar-refractivity contribution in [3.63, 3.8) is 0 Å². The summed E-state index contributed by atoms with van der Waals surface area (Å²) in [6.45, 7) is 5.82. The highest BCUT2D eigenvalue weighted by molar-refractivity contribution is 5.89. The van der Waals surface area contributed by atoms with Crippen molar-refractivity contribution in [1.29, 1.82) is 0 Å². The number of carboxylic acid groups (broad SMARTS) is 1. The standard InChI is InChI=1S/C18H18N2O3/c1-11-8-15(18(21)22)4-6-16(11)14-5-7-17(12(2)9-14)20-10-19-13(3)23-20/h4-10,13H,1-3H3,(H,21,22). The van der Waals surface area contributed by atoms with E-state index in [0.29, 0.717) is 5.56 Å². The van der Waals surface area contributed by atoms with E-state index in [1.54, 1.807) is 23.5 Å². The third kappa shape index (κ3) is 2.96. The Balaban J connectivity index is 1.94. The summed E-state index contributed by atoms with van der Waals surface area (Å²) < 4.78 is 0. The van der Waals surface area contributed by atoms with Crippen molar-refractivity contribution >= 4 is 18.0 Å². The van der Waals surface area contributed by atoms with Gasteiger partial charge < -0.3 is 5.11 Å². The van der Waals surface area contributed by atoms with Gasteiger partial charge in [0.25, 0.3) is 0 Å². The normalized spacial score (nSPS) is 16.8. The molecule has 0 saturated carbocycles. The molecule has 23 heavy (non-hydrogen) atoms. The predicted octanol–water partition coefficient (Wildman–Crippen LogP) is 3.79. The molecular weight excluding hydrogens is 292 g/mol. The molecule has 0 aliphatic carbocycles. The molecule has 3 rings (SSSR count). The number of carbonyl (C=O) groups is 1. The molecule has 5 nitrogen and oxygen atoms in total. The van der Waals surface area contributed by atoms with E-state index in [9.17, 15) is 4.79 Å². The van der Waals surface area contributed by atoms with Gasteiger partial charge in [-0.05, 0) is 67.3 Å². The van der Waals surface area contributed by atoms with Crippen LogP contribution in [0.25, 0.3) is 11.1 Å². The SMILES string of the molecule is Cc1cc(C(=O)O)ccc1-c1ccc(N2C=NC(C)O2)c(C)c1. The maximum atomic E-state index is 11.0. The second kappa shape index (κ2) is 5.85. The zero-order valence-corrected chi connectivity index (χ0v) is 13.3. The lowest BCUT2D eigenvalue weighted by atomic mass is 9.96. The Morgan fingerprint density at radius 1 is 1.17 bits per heavy atom. The first-order valence-electron chi connectivity index (χ1n) is 7.40. The van der Waals surface area contributed by atoms with Gasteiger partial charge in [-0.3, -0.25) is 0 Å². The minimum atomic E-state index is -0.911. The fourth-order valence-electron chi connectivity index (χ4n) is 2.68. The summed E-state index contributed by atoms with van der Waals surface area (Å²) in [6.07, 6.45) is 1.51. The molecule has 0 spiro atoms. The second-order valence-corrected chi connectivity index (χ2v) is 5.63. The van der Waals surface area contributed by atoms with E-state index in [1.165, 1.54) is 0 Å². The van der Waals surface area contributed by atoms with Crippen LogP contribution in [0.3, 0.4) is 0 Å². The number of aromatic carboxylic acids is 1. The molecule has 5 heteroatoms. The summed E-state index contributed by atoms with van der Waals surface area (Å²) in [4.78, 5) is 20.8. The molecule has 0 aromatic heterocycles. The van der Waals surface area contributed by atoms with Crippen LogP contribution in [0.2, 0.25) is 0 Å². The molecule has 1 unspecified atom stereocenters. The number of hydrogen-bond donors (Lipinski definition) is 1. The van der Waals surface area contributed by atoms with Crippen LogP contribution in [0.4, 0.5) is 5.69 Å². The number of carboxylic acids is 1. The first-order valence-corrected chi connectivity index (χ1v) is 7.40. The van der Waals surface area contributed by atoms with E-state index >= 15 is 0 Å². The molecule has 0 bridgehead atoms. The number of aryl methyl sites for hydroxylation is 2. The van der Waals surface area contributed by atoms with Crippen molar-refractivity contribution in [2.24, 2.45) is 4.99 Å². The maximum absolute atomic E-state index is 11.0. The Morgan fingerprint density at radius 2 is 1.96 bits per heavy atom. The van der Waals surface area contributed by atoms with E-state index in [2.05, 4.69) is 11.1 Å². The number of nitrogens with zero attached hydrogens (tertiary/aromatic N) is 2. The summed E-state index contributed by atoms with van der Waals surface area (Å²) in [5, 5.41) is 10.7. The number of aliphatic imine (C=N–C) groups is 1. The summed E-state index contributed by atoms with van der Waals surface area (Å²) in [7, 11) is 0. The van der Waals surface area contributed by atoms with Crippen LogP contribution in [0, 0.1) is 13.8 Å². The average Bonchev–Trinajstić information content (AvgIpc) is 2.93. The first-order chi connectivity index (χ1) is 11.0. The average molecular weight is 310 g/mol. The third-order valence-electron chi connectivity index (χ3n) is 3.87. The molecule has 1 atom stereocenters. The highest BCUT2D eigenvalue weighted by atomic mass is 16.7. The molecule has 1 N–H and O–H groups in total. The molecule has 1 heterocycles. The van der Waals surface area contributed by atoms with E-state index in [1.807, 2.05) is 39.0 Å². The van der Waals surface area contributed by atoms with Gasteiger partial charge in [-0.15, -0.1) is 0 Å². The highest BCUT2D eigenvalue weighted by Gasteiger charge is 2.17. The van der Waals surface area contributed by atoms with Gasteiger partial charge in [0.15, 0.2) is 6.23 Å². The highest BCUT2D eigenvalue weighted by Crippen LogP contribution is 2.30. The Labute approximate surface area is 134 Å². The monoisotopic (exact) mass is 310 g/mol. The van der Waals surface area contributed by atoms with Crippen LogP contribution in [-0.2, 0) is 4.84 Å². The van der Waals surface area contributed by atoms with Crippen molar-refractivity contribution in [2.45, 2.75) is 27.0 Å². The molecule has 0 saturated heterocycles. The number of hydroxylamine groups is 1. The lowest BCUT2D eigenvalue weighted by Gasteiger charge is -2.18. The summed E-state index contributed by atoms with van der Waals surface area (Å²) in [5.41, 5.74) is 5.31. The van der Waals surface area contributed by atoms with Gasteiger partial charge in [0, 0.05) is 0 Å². The van der Waals surface area contributed by atoms with Crippen molar-refractivity contribution < 1.29 is 14.7 Å². The molecule has 1 aliphatic rings. The molecule has 118 valence electrons. The largest absolute Gasteiger partial charge is 0.478 e. The van der Waals surface area contributed by atoms with Crippen LogP contribution in [0.5, 0.6) is 0 Å². The maximum Gasteiger partial charge on any atom is 0.335 e. The smallest absolute Gasteiger partial charge is 0.335 e. The zero-order chi connectivity index (χ0) is 16.6. The van der Waals surface area contributed by atoms with Crippen LogP contribution < -0.4 is 5.06 Å². The topological polar surface area (TPSA) is 62.1 Å². The van der Waals surface area contributed by atoms with Gasteiger partial charge in [0.05, 0.1) is 11.3 Å². The Kier molecular flexibility index (Phi) is 3.88. The van der Waals surface area contributed by atoms with Gasteiger partial charge in [-0.1, -0.05) is 12.1 Å². The lowest BCUT2D eigenvalue weighted by molar-refractivity contribution is 0.0696. The van der Waals surface area contributed by atoms with E-state index in [0.717, 1.165) is 27.9 Å². The van der Waals surface area contributed by atoms with Crippen LogP contribution in [-0.4, -0.2) is 23.6 Å². The second-order valence-electron chi connectivity index (χ2n) is 5.63. The quantitative estimate of drug-likeness (QED) is 0.936. The number of benzene rings is 2. The fourth-order valence-corrected chi connectivity index (χ4v) is 2.68. The third-order valence-corrected chi connectivity index (χ3v) is 3.87. The van der Waals surface area contributed by atoms with E-state index in [4.69, 9.17) is 9.94 Å². The molecule has 0 radical (unpaired) electrons. The van der Waals surface area contributed by atoms with Crippen LogP contribution in [0.15, 0.2) is 41.4 Å². The van der Waals surface area contributed by atoms with Gasteiger partial charge in [0.1, 0.15) is 6.34 Å². The molecular formula is C18H18N2O3. The van der Waals surface area contributed by atoms with E-state index in [-0.39, 0.29) is 6.23 Å². The van der Waals surface area contributed by atoms with Crippen LogP contribution >= 0.6 is 0 Å². The first kappa shape index (κ1) is 15.2. The van der Waals surface area contributed by atoms with Crippen LogP contribution in [0.1, 0.15) is 28.4 Å². The summed E-state index contributed by atoms with van der Waals surface area (Å²) in [6, 6.07) is 11.2. The van der Waals surface area contributed by atoms with Crippen molar-refractivity contribution in [1.82, 2.24) is 0 Å². The van der Waals surface area contributed by atoms with Crippen molar-refractivity contribution in [3.8, 4) is 11.1 Å². The van der Waals surface area contributed by atoms with Gasteiger partial charge in [0.2, 0.25) is 0 Å². The zero-order valence-electron chi connectivity index (χ0n) is 13.3. The van der Waals surface area contributed by atoms with Gasteiger partial charge in [-0.25, -0.2) is 19.7 Å². The molecule has 0 fully saturated rings. The number of anilines is 1. The summed E-state index contributed by atoms with van der Waals surface area (Å²) >= 11 is 0. The molecule has 0 amide bonds.